The molecule has 4 aromatic rings. The molecule has 1 aliphatic rings. The summed E-state index contributed by atoms with van der Waals surface area (Å²) in [5, 5.41) is 11.0. The zero-order valence-electron chi connectivity index (χ0n) is 20.3. The molecule has 186 valence electrons. The molecule has 0 atom stereocenters. The van der Waals surface area contributed by atoms with Crippen molar-refractivity contribution in [2.24, 2.45) is 0 Å². The quantitative estimate of drug-likeness (QED) is 0.403. The number of piperazine rings is 1. The predicted molar refractivity (Wildman–Crippen MR) is 138 cm³/mol. The first-order valence-corrected chi connectivity index (χ1v) is 11.8. The molecule has 0 bridgehead atoms. The number of fused-ring (bicyclic) bond motifs is 1. The van der Waals surface area contributed by atoms with Crippen molar-refractivity contribution in [1.29, 1.82) is 0 Å². The highest BCUT2D eigenvalue weighted by Crippen LogP contribution is 2.31. The molecule has 0 saturated carbocycles. The molecule has 1 N–H and O–H groups in total. The third-order valence-electron chi connectivity index (χ3n) is 6.45. The average molecular weight is 489 g/mol. The van der Waals surface area contributed by atoms with E-state index in [1.54, 1.807) is 44.6 Å². The fourth-order valence-electron chi connectivity index (χ4n) is 4.43. The molecule has 0 unspecified atom stereocenters. The van der Waals surface area contributed by atoms with Crippen LogP contribution >= 0.6 is 0 Å². The summed E-state index contributed by atoms with van der Waals surface area (Å²) < 4.78 is 22.1. The summed E-state index contributed by atoms with van der Waals surface area (Å²) in [5.41, 5.74) is 1.81. The van der Waals surface area contributed by atoms with Crippen LogP contribution in [0.5, 0.6) is 28.7 Å². The second-order valence-electron chi connectivity index (χ2n) is 8.61. The molecule has 1 aromatic heterocycles. The molecule has 1 aliphatic heterocycles. The maximum atomic E-state index is 13.2. The molecule has 0 aliphatic carbocycles. The highest BCUT2D eigenvalue weighted by Gasteiger charge is 2.22. The van der Waals surface area contributed by atoms with Crippen molar-refractivity contribution in [3.63, 3.8) is 0 Å². The van der Waals surface area contributed by atoms with Gasteiger partial charge >= 0.3 is 0 Å². The molecule has 8 nitrogen and oxygen atoms in total. The first-order valence-electron chi connectivity index (χ1n) is 11.8. The van der Waals surface area contributed by atoms with Crippen LogP contribution in [0.1, 0.15) is 5.56 Å². The Labute approximate surface area is 208 Å². The normalized spacial score (nSPS) is 14.1. The highest BCUT2D eigenvalue weighted by atomic mass is 16.5. The van der Waals surface area contributed by atoms with Gasteiger partial charge in [0, 0.05) is 44.5 Å². The van der Waals surface area contributed by atoms with Crippen molar-refractivity contribution in [1.82, 2.24) is 4.90 Å². The predicted octanol–water partition coefficient (Wildman–Crippen LogP) is 4.63. The van der Waals surface area contributed by atoms with Gasteiger partial charge in [-0.1, -0.05) is 6.07 Å². The van der Waals surface area contributed by atoms with E-state index in [1.807, 2.05) is 12.1 Å². The molecule has 3 aromatic carbocycles. The Morgan fingerprint density at radius 1 is 0.889 bits per heavy atom. The van der Waals surface area contributed by atoms with Crippen LogP contribution in [0.3, 0.4) is 0 Å². The van der Waals surface area contributed by atoms with E-state index >= 15 is 0 Å². The van der Waals surface area contributed by atoms with Gasteiger partial charge in [0.2, 0.25) is 11.2 Å². The smallest absolute Gasteiger partial charge is 0.235 e. The molecule has 1 saturated heterocycles. The van der Waals surface area contributed by atoms with Gasteiger partial charge in [0.15, 0.2) is 0 Å². The lowest BCUT2D eigenvalue weighted by molar-refractivity contribution is 0.246. The van der Waals surface area contributed by atoms with E-state index in [0.29, 0.717) is 34.6 Å². The number of phenolic OH excluding ortho intramolecular Hbond substituents is 1. The van der Waals surface area contributed by atoms with Crippen LogP contribution < -0.4 is 24.5 Å². The van der Waals surface area contributed by atoms with E-state index < -0.39 is 0 Å². The van der Waals surface area contributed by atoms with Gasteiger partial charge in [0.1, 0.15) is 34.8 Å². The zero-order valence-corrected chi connectivity index (χ0v) is 20.3. The van der Waals surface area contributed by atoms with Crippen LogP contribution in [0, 0.1) is 0 Å². The Hall–Kier alpha value is -4.17. The molecule has 0 spiro atoms. The van der Waals surface area contributed by atoms with Gasteiger partial charge in [0.05, 0.1) is 25.2 Å². The van der Waals surface area contributed by atoms with Gasteiger partial charge in [-0.25, -0.2) is 0 Å². The van der Waals surface area contributed by atoms with Crippen molar-refractivity contribution in [3.05, 3.63) is 82.7 Å². The van der Waals surface area contributed by atoms with Crippen LogP contribution in [0.15, 0.2) is 76.1 Å². The van der Waals surface area contributed by atoms with Crippen molar-refractivity contribution in [2.75, 3.05) is 45.3 Å². The molecule has 5 rings (SSSR count). The van der Waals surface area contributed by atoms with E-state index in [-0.39, 0.29) is 16.9 Å². The Kier molecular flexibility index (Phi) is 6.69. The topological polar surface area (TPSA) is 84.6 Å². The summed E-state index contributed by atoms with van der Waals surface area (Å²) in [6, 6.07) is 18.2. The third-order valence-corrected chi connectivity index (χ3v) is 6.45. The molecule has 2 heterocycles. The summed E-state index contributed by atoms with van der Waals surface area (Å²) in [6.45, 7) is 3.78. The van der Waals surface area contributed by atoms with Crippen LogP contribution in [0.25, 0.3) is 11.0 Å². The number of hydrogen-bond donors (Lipinski definition) is 1. The van der Waals surface area contributed by atoms with Crippen LogP contribution in [0.2, 0.25) is 0 Å². The minimum atomic E-state index is -0.301. The Morgan fingerprint density at radius 2 is 1.61 bits per heavy atom. The van der Waals surface area contributed by atoms with Gasteiger partial charge < -0.3 is 28.6 Å². The van der Waals surface area contributed by atoms with E-state index in [1.165, 1.54) is 12.3 Å². The van der Waals surface area contributed by atoms with Crippen molar-refractivity contribution >= 4 is 16.7 Å². The first-order chi connectivity index (χ1) is 17.6. The third kappa shape index (κ3) is 4.81. The average Bonchev–Trinajstić information content (AvgIpc) is 2.92. The number of rotatable bonds is 7. The molecule has 1 fully saturated rings. The van der Waals surface area contributed by atoms with Crippen LogP contribution in [0.4, 0.5) is 5.69 Å². The molecule has 0 radical (unpaired) electrons. The van der Waals surface area contributed by atoms with Crippen LogP contribution in [-0.4, -0.2) is 50.4 Å². The Morgan fingerprint density at radius 3 is 2.33 bits per heavy atom. The van der Waals surface area contributed by atoms with Crippen molar-refractivity contribution in [3.8, 4) is 28.7 Å². The maximum Gasteiger partial charge on any atom is 0.235 e. The summed E-state index contributed by atoms with van der Waals surface area (Å²) in [7, 11) is 3.23. The number of ether oxygens (including phenoxy) is 3. The van der Waals surface area contributed by atoms with Gasteiger partial charge in [-0.05, 0) is 48.5 Å². The van der Waals surface area contributed by atoms with E-state index in [0.717, 1.165) is 37.6 Å². The SMILES string of the molecule is COc1ccc(N2CCN(Cc3c(O)ccc4c(=O)c(Oc5cccc(OC)c5)coc34)CC2)cc1. The minimum Gasteiger partial charge on any atom is -0.507 e. The van der Waals surface area contributed by atoms with Gasteiger partial charge in [-0.15, -0.1) is 0 Å². The lowest BCUT2D eigenvalue weighted by Crippen LogP contribution is -2.46. The Bertz CT molecular complexity index is 1410. The number of anilines is 1. The largest absolute Gasteiger partial charge is 0.507 e. The number of benzene rings is 3. The standard InChI is InChI=1S/C28H28N2O6/c1-33-20-8-6-19(7-9-20)30-14-12-29(13-15-30)17-24-25(31)11-10-23-27(32)26(18-35-28(23)24)36-22-5-3-4-21(16-22)34-2/h3-11,16,18,31H,12-15,17H2,1-2H3. The van der Waals surface area contributed by atoms with Gasteiger partial charge in [-0.2, -0.15) is 0 Å². The number of methoxy groups -OCH3 is 2. The number of aromatic hydroxyl groups is 1. The minimum absolute atomic E-state index is 0.0699. The van der Waals surface area contributed by atoms with Crippen molar-refractivity contribution < 1.29 is 23.7 Å². The lowest BCUT2D eigenvalue weighted by Gasteiger charge is -2.36. The van der Waals surface area contributed by atoms with E-state index in [9.17, 15) is 9.90 Å². The second-order valence-corrected chi connectivity index (χ2v) is 8.61. The van der Waals surface area contributed by atoms with Crippen LogP contribution in [-0.2, 0) is 6.54 Å². The number of nitrogens with zero attached hydrogens (tertiary/aromatic N) is 2. The summed E-state index contributed by atoms with van der Waals surface area (Å²) in [5.74, 6) is 2.10. The Balaban J connectivity index is 1.33. The summed E-state index contributed by atoms with van der Waals surface area (Å²) in [4.78, 5) is 17.7. The first kappa shape index (κ1) is 23.6. The van der Waals surface area contributed by atoms with Gasteiger partial charge in [0.25, 0.3) is 0 Å². The molecule has 36 heavy (non-hydrogen) atoms. The van der Waals surface area contributed by atoms with E-state index in [4.69, 9.17) is 18.6 Å². The molecule has 8 heteroatoms. The molecular weight excluding hydrogens is 460 g/mol. The second kappa shape index (κ2) is 10.2. The fourth-order valence-corrected chi connectivity index (χ4v) is 4.43. The maximum absolute atomic E-state index is 13.2. The number of phenols is 1. The molecular formula is C28H28N2O6. The van der Waals surface area contributed by atoms with Gasteiger partial charge in [-0.3, -0.25) is 9.69 Å². The monoisotopic (exact) mass is 488 g/mol. The summed E-state index contributed by atoms with van der Waals surface area (Å²) >= 11 is 0. The fraction of sp³-hybridized carbons (Fsp3) is 0.250. The van der Waals surface area contributed by atoms with E-state index in [2.05, 4.69) is 21.9 Å². The zero-order chi connectivity index (χ0) is 25.1. The molecule has 0 amide bonds. The summed E-state index contributed by atoms with van der Waals surface area (Å²) in [6.07, 6.45) is 1.30. The van der Waals surface area contributed by atoms with Crippen molar-refractivity contribution in [2.45, 2.75) is 6.54 Å². The highest BCUT2D eigenvalue weighted by molar-refractivity contribution is 5.83. The number of hydrogen-bond acceptors (Lipinski definition) is 8. The lowest BCUT2D eigenvalue weighted by atomic mass is 10.1.